The maximum atomic E-state index is 12.0. The fourth-order valence-electron chi connectivity index (χ4n) is 2.75. The molecule has 2 rings (SSSR count). The van der Waals surface area contributed by atoms with Crippen molar-refractivity contribution in [3.63, 3.8) is 0 Å². The Morgan fingerprint density at radius 1 is 1.31 bits per heavy atom. The van der Waals surface area contributed by atoms with Crippen LogP contribution >= 0.6 is 0 Å². The van der Waals surface area contributed by atoms with E-state index in [1.807, 2.05) is 0 Å². The SMILES string of the molecule is COC1CCCC1NC(=O)C1CCCNC1. The lowest BCUT2D eigenvalue weighted by Gasteiger charge is -2.26. The summed E-state index contributed by atoms with van der Waals surface area (Å²) in [5, 5.41) is 6.42. The summed E-state index contributed by atoms with van der Waals surface area (Å²) in [7, 11) is 1.73. The summed E-state index contributed by atoms with van der Waals surface area (Å²) in [6, 6.07) is 0.236. The standard InChI is InChI=1S/C12H22N2O2/c1-16-11-6-2-5-10(11)14-12(15)9-4-3-7-13-8-9/h9-11,13H,2-8H2,1H3,(H,14,15). The highest BCUT2D eigenvalue weighted by molar-refractivity contribution is 5.79. The molecule has 2 fully saturated rings. The van der Waals surface area contributed by atoms with Crippen LogP contribution in [-0.2, 0) is 9.53 Å². The first-order valence-electron chi connectivity index (χ1n) is 6.35. The summed E-state index contributed by atoms with van der Waals surface area (Å²) in [6.07, 6.45) is 5.64. The lowest BCUT2D eigenvalue weighted by atomic mass is 9.98. The molecule has 0 aromatic heterocycles. The third kappa shape index (κ3) is 2.74. The molecule has 1 aliphatic carbocycles. The van der Waals surface area contributed by atoms with Gasteiger partial charge in [-0.1, -0.05) is 0 Å². The molecule has 0 aromatic rings. The van der Waals surface area contributed by atoms with Crippen LogP contribution in [0, 0.1) is 5.92 Å². The van der Waals surface area contributed by atoms with Crippen molar-refractivity contribution in [2.24, 2.45) is 5.92 Å². The number of piperidine rings is 1. The first-order chi connectivity index (χ1) is 7.81. The molecular formula is C12H22N2O2. The van der Waals surface area contributed by atoms with E-state index in [4.69, 9.17) is 4.74 Å². The maximum absolute atomic E-state index is 12.0. The Kier molecular flexibility index (Phi) is 4.18. The highest BCUT2D eigenvalue weighted by Gasteiger charge is 2.30. The number of hydrogen-bond acceptors (Lipinski definition) is 3. The average Bonchev–Trinajstić information content (AvgIpc) is 2.77. The highest BCUT2D eigenvalue weighted by atomic mass is 16.5. The number of hydrogen-bond donors (Lipinski definition) is 2. The van der Waals surface area contributed by atoms with Crippen molar-refractivity contribution in [3.8, 4) is 0 Å². The zero-order chi connectivity index (χ0) is 11.4. The van der Waals surface area contributed by atoms with Crippen LogP contribution in [0.1, 0.15) is 32.1 Å². The molecule has 1 saturated carbocycles. The van der Waals surface area contributed by atoms with E-state index in [2.05, 4.69) is 10.6 Å². The predicted octanol–water partition coefficient (Wildman–Crippen LogP) is 0.670. The second-order valence-electron chi connectivity index (χ2n) is 4.86. The van der Waals surface area contributed by atoms with Crippen molar-refractivity contribution in [2.45, 2.75) is 44.2 Å². The lowest BCUT2D eigenvalue weighted by Crippen LogP contribution is -2.47. The molecule has 2 aliphatic rings. The van der Waals surface area contributed by atoms with E-state index in [9.17, 15) is 4.79 Å². The third-order valence-electron chi connectivity index (χ3n) is 3.75. The molecule has 1 saturated heterocycles. The topological polar surface area (TPSA) is 50.4 Å². The summed E-state index contributed by atoms with van der Waals surface area (Å²) in [5.41, 5.74) is 0. The summed E-state index contributed by atoms with van der Waals surface area (Å²) >= 11 is 0. The molecule has 3 unspecified atom stereocenters. The molecule has 0 bridgehead atoms. The number of rotatable bonds is 3. The van der Waals surface area contributed by atoms with Gasteiger partial charge < -0.3 is 15.4 Å². The van der Waals surface area contributed by atoms with Crippen LogP contribution in [-0.4, -0.2) is 38.3 Å². The monoisotopic (exact) mass is 226 g/mol. The minimum absolute atomic E-state index is 0.159. The largest absolute Gasteiger partial charge is 0.379 e. The minimum Gasteiger partial charge on any atom is -0.379 e. The smallest absolute Gasteiger partial charge is 0.224 e. The molecule has 3 atom stereocenters. The summed E-state index contributed by atoms with van der Waals surface area (Å²) in [4.78, 5) is 12.0. The minimum atomic E-state index is 0.159. The molecule has 4 heteroatoms. The van der Waals surface area contributed by atoms with E-state index in [0.29, 0.717) is 0 Å². The zero-order valence-electron chi connectivity index (χ0n) is 10.00. The number of methoxy groups -OCH3 is 1. The first-order valence-corrected chi connectivity index (χ1v) is 6.35. The quantitative estimate of drug-likeness (QED) is 0.743. The first kappa shape index (κ1) is 11.9. The van der Waals surface area contributed by atoms with Gasteiger partial charge in [0.25, 0.3) is 0 Å². The van der Waals surface area contributed by atoms with Gasteiger partial charge in [0.05, 0.1) is 18.1 Å². The molecule has 1 amide bonds. The number of amides is 1. The van der Waals surface area contributed by atoms with Gasteiger partial charge >= 0.3 is 0 Å². The number of carbonyl (C=O) groups is 1. The van der Waals surface area contributed by atoms with Gasteiger partial charge in [0, 0.05) is 13.7 Å². The summed E-state index contributed by atoms with van der Waals surface area (Å²) in [6.45, 7) is 1.88. The van der Waals surface area contributed by atoms with Crippen molar-refractivity contribution in [3.05, 3.63) is 0 Å². The zero-order valence-corrected chi connectivity index (χ0v) is 10.00. The van der Waals surface area contributed by atoms with Crippen molar-refractivity contribution < 1.29 is 9.53 Å². The normalized spacial score (nSPS) is 34.9. The molecule has 1 aliphatic heterocycles. The van der Waals surface area contributed by atoms with Crippen molar-refractivity contribution >= 4 is 5.91 Å². The van der Waals surface area contributed by atoms with Gasteiger partial charge in [-0.25, -0.2) is 0 Å². The van der Waals surface area contributed by atoms with Crippen LogP contribution < -0.4 is 10.6 Å². The molecule has 16 heavy (non-hydrogen) atoms. The molecule has 0 spiro atoms. The van der Waals surface area contributed by atoms with Gasteiger partial charge in [-0.3, -0.25) is 4.79 Å². The molecule has 1 heterocycles. The summed E-state index contributed by atoms with van der Waals surface area (Å²) in [5.74, 6) is 0.369. The van der Waals surface area contributed by atoms with Gasteiger partial charge in [0.2, 0.25) is 5.91 Å². The van der Waals surface area contributed by atoms with Gasteiger partial charge in [-0.15, -0.1) is 0 Å². The molecular weight excluding hydrogens is 204 g/mol. The van der Waals surface area contributed by atoms with Crippen LogP contribution in [0.15, 0.2) is 0 Å². The Balaban J connectivity index is 1.81. The Morgan fingerprint density at radius 3 is 2.88 bits per heavy atom. The molecule has 4 nitrogen and oxygen atoms in total. The fourth-order valence-corrected chi connectivity index (χ4v) is 2.75. The van der Waals surface area contributed by atoms with Crippen molar-refractivity contribution in [1.82, 2.24) is 10.6 Å². The predicted molar refractivity (Wildman–Crippen MR) is 62.2 cm³/mol. The Morgan fingerprint density at radius 2 is 2.19 bits per heavy atom. The van der Waals surface area contributed by atoms with E-state index >= 15 is 0 Å². The molecule has 2 N–H and O–H groups in total. The van der Waals surface area contributed by atoms with Crippen molar-refractivity contribution in [1.29, 1.82) is 0 Å². The number of nitrogens with one attached hydrogen (secondary N) is 2. The van der Waals surface area contributed by atoms with E-state index < -0.39 is 0 Å². The Bertz CT molecular complexity index is 239. The second-order valence-corrected chi connectivity index (χ2v) is 4.86. The fraction of sp³-hybridized carbons (Fsp3) is 0.917. The van der Waals surface area contributed by atoms with Gasteiger partial charge in [-0.2, -0.15) is 0 Å². The van der Waals surface area contributed by atoms with Crippen LogP contribution in [0.25, 0.3) is 0 Å². The van der Waals surface area contributed by atoms with E-state index in [1.165, 1.54) is 0 Å². The molecule has 92 valence electrons. The molecule has 0 radical (unpaired) electrons. The molecule has 0 aromatic carbocycles. The Hall–Kier alpha value is -0.610. The average molecular weight is 226 g/mol. The van der Waals surface area contributed by atoms with E-state index in [-0.39, 0.29) is 24.0 Å². The summed E-state index contributed by atoms with van der Waals surface area (Å²) < 4.78 is 5.38. The van der Waals surface area contributed by atoms with Crippen LogP contribution in [0.2, 0.25) is 0 Å². The van der Waals surface area contributed by atoms with E-state index in [0.717, 1.165) is 45.2 Å². The number of ether oxygens (including phenoxy) is 1. The van der Waals surface area contributed by atoms with Gasteiger partial charge in [-0.05, 0) is 38.6 Å². The van der Waals surface area contributed by atoms with Gasteiger partial charge in [0.1, 0.15) is 0 Å². The van der Waals surface area contributed by atoms with Crippen molar-refractivity contribution in [2.75, 3.05) is 20.2 Å². The second kappa shape index (κ2) is 5.64. The van der Waals surface area contributed by atoms with Crippen LogP contribution in [0.3, 0.4) is 0 Å². The lowest BCUT2D eigenvalue weighted by molar-refractivity contribution is -0.127. The number of carbonyl (C=O) groups excluding carboxylic acids is 1. The van der Waals surface area contributed by atoms with Crippen LogP contribution in [0.5, 0.6) is 0 Å². The van der Waals surface area contributed by atoms with E-state index in [1.54, 1.807) is 7.11 Å². The Labute approximate surface area is 97.1 Å². The highest BCUT2D eigenvalue weighted by Crippen LogP contribution is 2.22. The van der Waals surface area contributed by atoms with Gasteiger partial charge in [0.15, 0.2) is 0 Å². The van der Waals surface area contributed by atoms with Crippen LogP contribution in [0.4, 0.5) is 0 Å². The maximum Gasteiger partial charge on any atom is 0.224 e. The third-order valence-corrected chi connectivity index (χ3v) is 3.75.